The highest BCUT2D eigenvalue weighted by atomic mass is 16.5. The number of carbonyl (C=O) groups excluding carboxylic acids is 1. The lowest BCUT2D eigenvalue weighted by atomic mass is 9.99. The van der Waals surface area contributed by atoms with Crippen molar-refractivity contribution >= 4 is 22.8 Å². The van der Waals surface area contributed by atoms with Gasteiger partial charge in [-0.3, -0.25) is 4.79 Å². The first-order valence-corrected chi connectivity index (χ1v) is 12.5. The SMILES string of the molecule is CCCNc1cc(-c2nc3c(nnn3Cc3ccc(OC)cc3)c(=O)[nH]2)ccc1-c1ccc(C(=O)OC)cc1. The number of esters is 1. The van der Waals surface area contributed by atoms with Crippen LogP contribution < -0.4 is 15.6 Å². The van der Waals surface area contributed by atoms with Crippen LogP contribution >= 0.6 is 0 Å². The summed E-state index contributed by atoms with van der Waals surface area (Å²) in [5, 5.41) is 11.7. The minimum atomic E-state index is -0.382. The number of nitrogens with zero attached hydrogens (tertiary/aromatic N) is 4. The fourth-order valence-electron chi connectivity index (χ4n) is 4.27. The summed E-state index contributed by atoms with van der Waals surface area (Å²) in [6.07, 6.45) is 0.933. The Hall–Kier alpha value is -4.99. The van der Waals surface area contributed by atoms with E-state index in [0.717, 1.165) is 46.7 Å². The molecule has 5 aromatic rings. The zero-order valence-corrected chi connectivity index (χ0v) is 21.9. The number of H-pyrrole nitrogens is 1. The molecule has 0 aliphatic carbocycles. The molecule has 0 saturated carbocycles. The van der Waals surface area contributed by atoms with Crippen LogP contribution in [0.1, 0.15) is 29.3 Å². The van der Waals surface area contributed by atoms with E-state index in [1.54, 1.807) is 23.9 Å². The van der Waals surface area contributed by atoms with Crippen LogP contribution in [0.2, 0.25) is 0 Å². The number of benzene rings is 3. The molecule has 0 fully saturated rings. The van der Waals surface area contributed by atoms with E-state index in [2.05, 4.69) is 27.5 Å². The molecule has 2 aromatic heterocycles. The fraction of sp³-hybridized carbons (Fsp3) is 0.207. The highest BCUT2D eigenvalue weighted by molar-refractivity contribution is 5.91. The molecule has 0 amide bonds. The van der Waals surface area contributed by atoms with E-state index in [4.69, 9.17) is 14.5 Å². The third kappa shape index (κ3) is 5.35. The molecule has 2 N–H and O–H groups in total. The van der Waals surface area contributed by atoms with E-state index in [0.29, 0.717) is 23.6 Å². The average Bonchev–Trinajstić information content (AvgIpc) is 3.39. The lowest BCUT2D eigenvalue weighted by Crippen LogP contribution is -2.11. The van der Waals surface area contributed by atoms with Crippen LogP contribution in [0.4, 0.5) is 5.69 Å². The van der Waals surface area contributed by atoms with Crippen LogP contribution in [-0.2, 0) is 11.3 Å². The molecule has 0 aliphatic heterocycles. The van der Waals surface area contributed by atoms with Crippen molar-refractivity contribution in [2.45, 2.75) is 19.9 Å². The molecule has 0 spiro atoms. The maximum atomic E-state index is 12.9. The van der Waals surface area contributed by atoms with E-state index in [9.17, 15) is 9.59 Å². The van der Waals surface area contributed by atoms with E-state index in [-0.39, 0.29) is 17.0 Å². The van der Waals surface area contributed by atoms with Crippen LogP contribution in [0.5, 0.6) is 5.75 Å². The Balaban J connectivity index is 1.52. The van der Waals surface area contributed by atoms with Crippen LogP contribution in [0.15, 0.2) is 71.5 Å². The summed E-state index contributed by atoms with van der Waals surface area (Å²) < 4.78 is 11.6. The molecule has 0 bridgehead atoms. The molecule has 3 aromatic carbocycles. The van der Waals surface area contributed by atoms with Gasteiger partial charge in [-0.05, 0) is 47.9 Å². The Bertz CT molecular complexity index is 1670. The summed E-state index contributed by atoms with van der Waals surface area (Å²) >= 11 is 0. The molecular formula is C29H28N6O4. The second-order valence-corrected chi connectivity index (χ2v) is 8.94. The zero-order valence-electron chi connectivity index (χ0n) is 21.9. The van der Waals surface area contributed by atoms with Gasteiger partial charge in [0.05, 0.1) is 26.3 Å². The fourth-order valence-corrected chi connectivity index (χ4v) is 4.27. The first-order valence-electron chi connectivity index (χ1n) is 12.5. The molecule has 0 atom stereocenters. The Labute approximate surface area is 224 Å². The molecule has 5 rings (SSSR count). The highest BCUT2D eigenvalue weighted by Gasteiger charge is 2.15. The maximum absolute atomic E-state index is 12.9. The monoisotopic (exact) mass is 524 g/mol. The van der Waals surface area contributed by atoms with Gasteiger partial charge in [-0.25, -0.2) is 14.5 Å². The normalized spacial score (nSPS) is 10.9. The topological polar surface area (TPSA) is 124 Å². The summed E-state index contributed by atoms with van der Waals surface area (Å²) in [5.41, 5.74) is 5.18. The molecule has 198 valence electrons. The lowest BCUT2D eigenvalue weighted by molar-refractivity contribution is 0.0600. The molecule has 39 heavy (non-hydrogen) atoms. The molecule has 0 aliphatic rings. The number of rotatable bonds is 9. The van der Waals surface area contributed by atoms with Gasteiger partial charge >= 0.3 is 5.97 Å². The molecule has 10 heteroatoms. The summed E-state index contributed by atoms with van der Waals surface area (Å²) in [4.78, 5) is 32.3. The first kappa shape index (κ1) is 25.7. The first-order chi connectivity index (χ1) is 19.0. The third-order valence-electron chi connectivity index (χ3n) is 6.34. The highest BCUT2D eigenvalue weighted by Crippen LogP contribution is 2.32. The third-order valence-corrected chi connectivity index (χ3v) is 6.34. The van der Waals surface area contributed by atoms with E-state index >= 15 is 0 Å². The number of hydrogen-bond donors (Lipinski definition) is 2. The maximum Gasteiger partial charge on any atom is 0.337 e. The predicted octanol–water partition coefficient (Wildman–Crippen LogP) is 4.51. The van der Waals surface area contributed by atoms with E-state index in [1.807, 2.05) is 54.6 Å². The van der Waals surface area contributed by atoms with Gasteiger partial charge in [-0.1, -0.05) is 48.5 Å². The lowest BCUT2D eigenvalue weighted by Gasteiger charge is -2.14. The summed E-state index contributed by atoms with van der Waals surface area (Å²) in [6.45, 7) is 3.25. The van der Waals surface area contributed by atoms with Crippen LogP contribution in [0.25, 0.3) is 33.7 Å². The molecule has 0 radical (unpaired) electrons. The van der Waals surface area contributed by atoms with Crippen molar-refractivity contribution in [3.63, 3.8) is 0 Å². The van der Waals surface area contributed by atoms with Gasteiger partial charge in [0.2, 0.25) is 0 Å². The number of nitrogens with one attached hydrogen (secondary N) is 2. The van der Waals surface area contributed by atoms with Crippen molar-refractivity contribution in [2.24, 2.45) is 0 Å². The number of methoxy groups -OCH3 is 2. The van der Waals surface area contributed by atoms with Crippen molar-refractivity contribution < 1.29 is 14.3 Å². The van der Waals surface area contributed by atoms with Gasteiger partial charge in [0.1, 0.15) is 11.6 Å². The van der Waals surface area contributed by atoms with E-state index in [1.165, 1.54) is 7.11 Å². The van der Waals surface area contributed by atoms with Gasteiger partial charge in [-0.2, -0.15) is 0 Å². The van der Waals surface area contributed by atoms with Gasteiger partial charge < -0.3 is 19.8 Å². The Morgan fingerprint density at radius 1 is 1.00 bits per heavy atom. The zero-order chi connectivity index (χ0) is 27.4. The minimum Gasteiger partial charge on any atom is -0.497 e. The number of ether oxygens (including phenoxy) is 2. The van der Waals surface area contributed by atoms with Gasteiger partial charge in [0.25, 0.3) is 5.56 Å². The van der Waals surface area contributed by atoms with Crippen LogP contribution in [0.3, 0.4) is 0 Å². The van der Waals surface area contributed by atoms with Crippen molar-refractivity contribution in [3.05, 3.63) is 88.2 Å². The van der Waals surface area contributed by atoms with Gasteiger partial charge in [0, 0.05) is 23.4 Å². The quantitative estimate of drug-likeness (QED) is 0.270. The predicted molar refractivity (Wildman–Crippen MR) is 149 cm³/mol. The number of fused-ring (bicyclic) bond motifs is 1. The standard InChI is InChI=1S/C29H28N6O4/c1-4-15-30-24-16-21(11-14-23(24)19-7-9-20(10-8-19)29(37)39-3)26-31-27-25(28(36)32-26)33-34-35(27)17-18-5-12-22(38-2)13-6-18/h5-14,16,30H,4,15,17H2,1-3H3,(H,31,32,36). The molecule has 0 saturated heterocycles. The van der Waals surface area contributed by atoms with Crippen LogP contribution in [-0.4, -0.2) is 51.7 Å². The number of aromatic nitrogens is 5. The second kappa shape index (κ2) is 11.2. The molecule has 0 unspecified atom stereocenters. The van der Waals surface area contributed by atoms with Crippen molar-refractivity contribution in [1.82, 2.24) is 25.0 Å². The second-order valence-electron chi connectivity index (χ2n) is 8.94. The van der Waals surface area contributed by atoms with Crippen LogP contribution in [0, 0.1) is 0 Å². The van der Waals surface area contributed by atoms with Crippen molar-refractivity contribution in [3.8, 4) is 28.3 Å². The minimum absolute atomic E-state index is 0.180. The summed E-state index contributed by atoms with van der Waals surface area (Å²) in [6, 6.07) is 20.7. The van der Waals surface area contributed by atoms with E-state index < -0.39 is 0 Å². The van der Waals surface area contributed by atoms with Gasteiger partial charge in [0.15, 0.2) is 11.2 Å². The smallest absolute Gasteiger partial charge is 0.337 e. The Morgan fingerprint density at radius 2 is 1.74 bits per heavy atom. The van der Waals surface area contributed by atoms with Crippen molar-refractivity contribution in [2.75, 3.05) is 26.1 Å². The van der Waals surface area contributed by atoms with Crippen molar-refractivity contribution in [1.29, 1.82) is 0 Å². The molecule has 2 heterocycles. The number of aromatic amines is 1. The number of anilines is 1. The Morgan fingerprint density at radius 3 is 2.44 bits per heavy atom. The molecule has 10 nitrogen and oxygen atoms in total. The number of hydrogen-bond acceptors (Lipinski definition) is 8. The Kier molecular flexibility index (Phi) is 7.35. The average molecular weight is 525 g/mol. The summed E-state index contributed by atoms with van der Waals surface area (Å²) in [7, 11) is 2.98. The largest absolute Gasteiger partial charge is 0.497 e. The number of carbonyl (C=O) groups is 1. The van der Waals surface area contributed by atoms with Gasteiger partial charge in [-0.15, -0.1) is 5.10 Å². The summed E-state index contributed by atoms with van der Waals surface area (Å²) in [5.74, 6) is 0.791. The molecular weight excluding hydrogens is 496 g/mol.